The quantitative estimate of drug-likeness (QED) is 0.0157. The van der Waals surface area contributed by atoms with Gasteiger partial charge in [-0.05, 0) is 57.3 Å². The fourth-order valence-corrected chi connectivity index (χ4v) is 6.79. The second-order valence-corrected chi connectivity index (χ2v) is 19.1. The molecule has 0 aliphatic rings. The number of nitrogens with two attached hydrogens (primary N) is 3. The molecule has 23 N–H and O–H groups in total. The van der Waals surface area contributed by atoms with E-state index < -0.39 is 176 Å². The maximum absolute atomic E-state index is 13.9. The fourth-order valence-electron chi connectivity index (χ4n) is 6.79. The van der Waals surface area contributed by atoms with Gasteiger partial charge in [0, 0.05) is 13.0 Å². The zero-order chi connectivity index (χ0) is 59.4. The number of carbonyl (C=O) groups is 12. The summed E-state index contributed by atoms with van der Waals surface area (Å²) >= 11 is 0. The van der Waals surface area contributed by atoms with Gasteiger partial charge in [0.15, 0.2) is 5.96 Å². The third-order valence-electron chi connectivity index (χ3n) is 11.1. The van der Waals surface area contributed by atoms with Crippen LogP contribution in [0.2, 0.25) is 0 Å². The zero-order valence-electron chi connectivity index (χ0n) is 44.5. The molecule has 0 unspecified atom stereocenters. The molecule has 0 aliphatic carbocycles. The third kappa shape index (κ3) is 26.9. The molecule has 0 aliphatic heterocycles. The molecule has 0 aromatic carbocycles. The van der Waals surface area contributed by atoms with Crippen LogP contribution in [0, 0.1) is 23.2 Å². The van der Waals surface area contributed by atoms with Gasteiger partial charge in [0.2, 0.25) is 65.0 Å². The monoisotopic (exact) mass is 1100 g/mol. The molecule has 0 saturated heterocycles. The van der Waals surface area contributed by atoms with Gasteiger partial charge in [-0.25, -0.2) is 4.79 Å². The van der Waals surface area contributed by atoms with Crippen molar-refractivity contribution in [2.75, 3.05) is 32.8 Å². The predicted octanol–water partition coefficient (Wildman–Crippen LogP) is -8.86. The summed E-state index contributed by atoms with van der Waals surface area (Å²) < 4.78 is 0. The highest BCUT2D eigenvalue weighted by atomic mass is 16.4. The number of nitrogens with one attached hydrogen (secondary N) is 12. The molecule has 32 heteroatoms. The lowest BCUT2D eigenvalue weighted by molar-refractivity contribution is -0.143. The van der Waals surface area contributed by atoms with E-state index in [2.05, 4.69) is 53.2 Å². The Morgan fingerprint density at radius 2 is 0.896 bits per heavy atom. The Morgan fingerprint density at radius 1 is 0.481 bits per heavy atom. The van der Waals surface area contributed by atoms with Crippen molar-refractivity contribution < 1.29 is 83.1 Å². The minimum atomic E-state index is -1.78. The van der Waals surface area contributed by atoms with E-state index in [0.717, 1.165) is 13.8 Å². The first kappa shape index (κ1) is 69.7. The fraction of sp³-hybridized carbons (Fsp3) is 0.711. The Hall–Kier alpha value is -7.29. The maximum Gasteiger partial charge on any atom is 0.328 e. The van der Waals surface area contributed by atoms with Crippen LogP contribution < -0.4 is 75.7 Å². The van der Waals surface area contributed by atoms with Gasteiger partial charge in [-0.1, -0.05) is 41.5 Å². The summed E-state index contributed by atoms with van der Waals surface area (Å²) in [7, 11) is 0. The number of hydrogen-bond donors (Lipinski definition) is 20. The number of aliphatic hydroxyl groups excluding tert-OH is 4. The van der Waals surface area contributed by atoms with E-state index in [-0.39, 0.29) is 44.1 Å². The molecule has 438 valence electrons. The van der Waals surface area contributed by atoms with Gasteiger partial charge in [0.1, 0.15) is 48.3 Å². The van der Waals surface area contributed by atoms with E-state index in [1.54, 1.807) is 13.8 Å². The van der Waals surface area contributed by atoms with Crippen molar-refractivity contribution in [3.63, 3.8) is 0 Å². The van der Waals surface area contributed by atoms with Crippen LogP contribution in [0.15, 0.2) is 0 Å². The van der Waals surface area contributed by atoms with Crippen molar-refractivity contribution in [3.8, 4) is 0 Å². The van der Waals surface area contributed by atoms with Gasteiger partial charge in [0.05, 0.1) is 44.6 Å². The summed E-state index contributed by atoms with van der Waals surface area (Å²) in [5.41, 5.74) is 16.3. The van der Waals surface area contributed by atoms with Crippen LogP contribution in [0.25, 0.3) is 0 Å². The number of carbonyl (C=O) groups excluding carboxylic acids is 11. The summed E-state index contributed by atoms with van der Waals surface area (Å²) in [5.74, 6) is -14.4. The summed E-state index contributed by atoms with van der Waals surface area (Å²) in [6, 6.07) is -13.9. The van der Waals surface area contributed by atoms with E-state index in [9.17, 15) is 78.0 Å². The molecule has 0 saturated carbocycles. The van der Waals surface area contributed by atoms with Crippen LogP contribution in [0.3, 0.4) is 0 Å². The van der Waals surface area contributed by atoms with Crippen molar-refractivity contribution >= 4 is 76.9 Å². The number of amides is 11. The van der Waals surface area contributed by atoms with Gasteiger partial charge in [-0.2, -0.15) is 0 Å². The van der Waals surface area contributed by atoms with E-state index >= 15 is 0 Å². The number of primary amides is 1. The average molecular weight is 1100 g/mol. The molecule has 77 heavy (non-hydrogen) atoms. The van der Waals surface area contributed by atoms with Crippen molar-refractivity contribution in [2.24, 2.45) is 35.0 Å². The largest absolute Gasteiger partial charge is 0.480 e. The molecule has 0 aromatic rings. The second kappa shape index (κ2) is 35.1. The molecule has 32 nitrogen and oxygen atoms in total. The molecule has 0 rings (SSSR count). The van der Waals surface area contributed by atoms with Gasteiger partial charge < -0.3 is 101 Å². The molecule has 11 atom stereocenters. The normalized spacial score (nSPS) is 15.4. The lowest BCUT2D eigenvalue weighted by Gasteiger charge is -2.30. The van der Waals surface area contributed by atoms with Crippen LogP contribution in [0.4, 0.5) is 0 Å². The molecule has 0 bridgehead atoms. The lowest BCUT2D eigenvalue weighted by atomic mass is 9.98. The summed E-state index contributed by atoms with van der Waals surface area (Å²) in [4.78, 5) is 155. The highest BCUT2D eigenvalue weighted by molar-refractivity contribution is 5.98. The van der Waals surface area contributed by atoms with Crippen LogP contribution in [-0.4, -0.2) is 202 Å². The van der Waals surface area contributed by atoms with E-state index in [1.807, 2.05) is 5.32 Å². The number of carboxylic acid groups (broad SMARTS) is 1. The highest BCUT2D eigenvalue weighted by Crippen LogP contribution is 2.11. The average Bonchev–Trinajstić information content (AvgIpc) is 3.33. The zero-order valence-corrected chi connectivity index (χ0v) is 44.5. The van der Waals surface area contributed by atoms with Crippen LogP contribution in [0.5, 0.6) is 0 Å². The van der Waals surface area contributed by atoms with Gasteiger partial charge in [0.25, 0.3) is 0 Å². The Labute approximate surface area is 444 Å². The van der Waals surface area contributed by atoms with Crippen LogP contribution in [0.1, 0.15) is 87.5 Å². The molecule has 0 spiro atoms. The second-order valence-electron chi connectivity index (χ2n) is 19.1. The van der Waals surface area contributed by atoms with Crippen molar-refractivity contribution in [1.82, 2.24) is 58.5 Å². The van der Waals surface area contributed by atoms with Crippen LogP contribution >= 0.6 is 0 Å². The summed E-state index contributed by atoms with van der Waals surface area (Å²) in [5, 5.41) is 81.9. The third-order valence-corrected chi connectivity index (χ3v) is 11.1. The Morgan fingerprint density at radius 3 is 1.36 bits per heavy atom. The molecule has 0 fully saturated rings. The molecular formula is C45H81N15O17. The van der Waals surface area contributed by atoms with Crippen molar-refractivity contribution in [1.29, 1.82) is 5.41 Å². The van der Waals surface area contributed by atoms with E-state index in [4.69, 9.17) is 27.7 Å². The van der Waals surface area contributed by atoms with Gasteiger partial charge in [-0.15, -0.1) is 0 Å². The first-order chi connectivity index (χ1) is 35.8. The van der Waals surface area contributed by atoms with Crippen molar-refractivity contribution in [2.45, 2.75) is 154 Å². The Balaban J connectivity index is 6.03. The lowest BCUT2D eigenvalue weighted by Crippen LogP contribution is -2.63. The predicted molar refractivity (Wildman–Crippen MR) is 271 cm³/mol. The molecule has 0 aromatic heterocycles. The number of aliphatic carboxylic acids is 1. The molecular weight excluding hydrogens is 1020 g/mol. The standard InChI is InChI=1S/C45H81N15O17/c1-19(2)14-26(38(70)58-33(21(5)6)41(73)60-35(23(8)64)43(75)59-32(20(3)4)40(72)55-27(17-61)39(71)56-28(18-62)44(76)77)54-42(74)34(22(7)63)57-31(67)16-52-37(69)25(11-12-29(47)65)53-30(66)15-51-36(68)24(46)10-9-13-50-45(48)49/h19-28,32-35,61-64H,9-18,46H2,1-8H3,(H2,47,65)(H,51,68)(H,52,69)(H,53,66)(H,54,74)(H,55,72)(H,56,71)(H,57,67)(H,58,70)(H,59,75)(H,60,73)(H,76,77)(H4,48,49,50)/t22-,23-,24+,25+,26+,27+,28+,32+,33+,34+,35+/m1/s1. The van der Waals surface area contributed by atoms with Gasteiger partial charge >= 0.3 is 5.97 Å². The van der Waals surface area contributed by atoms with Gasteiger partial charge in [-0.3, -0.25) is 58.1 Å². The van der Waals surface area contributed by atoms with Crippen LogP contribution in [-0.2, 0) is 57.5 Å². The first-order valence-corrected chi connectivity index (χ1v) is 24.7. The SMILES string of the molecule is CC(C)C[C@H](NC(=O)[C@@H](NC(=O)CNC(=O)[C@H](CCC(N)=O)NC(=O)CNC(=O)[C@@H](N)CCCNC(=N)N)[C@@H](C)O)C(=O)N[C@H](C(=O)N[C@H](C(=O)N[C@H](C(=O)N[C@@H](CO)C(=O)N[C@@H](CO)C(=O)O)C(C)C)[C@@H](C)O)C(C)C. The minimum Gasteiger partial charge on any atom is -0.480 e. The number of hydrogen-bond acceptors (Lipinski definition) is 18. The highest BCUT2D eigenvalue weighted by Gasteiger charge is 2.37. The Kier molecular flexibility index (Phi) is 31.8. The maximum atomic E-state index is 13.9. The number of rotatable bonds is 36. The molecule has 0 heterocycles. The summed E-state index contributed by atoms with van der Waals surface area (Å²) in [6.07, 6.45) is -3.48. The minimum absolute atomic E-state index is 0.0624. The number of aliphatic hydroxyl groups is 4. The van der Waals surface area contributed by atoms with E-state index in [0.29, 0.717) is 6.42 Å². The number of carboxylic acids is 1. The topological polar surface area (TPSA) is 540 Å². The number of guanidine groups is 1. The molecule has 0 radical (unpaired) electrons. The Bertz CT molecular complexity index is 2060. The summed E-state index contributed by atoms with van der Waals surface area (Å²) in [6.45, 7) is 8.46. The van der Waals surface area contributed by atoms with E-state index in [1.165, 1.54) is 27.7 Å². The smallest absolute Gasteiger partial charge is 0.328 e. The van der Waals surface area contributed by atoms with Crippen molar-refractivity contribution in [3.05, 3.63) is 0 Å². The first-order valence-electron chi connectivity index (χ1n) is 24.7. The molecule has 11 amide bonds.